The van der Waals surface area contributed by atoms with Crippen molar-refractivity contribution in [2.45, 2.75) is 19.0 Å². The maximum Gasteiger partial charge on any atom is 0.135 e. The molecule has 0 bridgehead atoms. The molecule has 7 heteroatoms. The smallest absolute Gasteiger partial charge is 0.135 e. The van der Waals surface area contributed by atoms with Gasteiger partial charge in [0.2, 0.25) is 0 Å². The highest BCUT2D eigenvalue weighted by Gasteiger charge is 2.16. The molecule has 1 fully saturated rings. The van der Waals surface area contributed by atoms with Crippen molar-refractivity contribution in [1.82, 2.24) is 20.6 Å². The van der Waals surface area contributed by atoms with E-state index >= 15 is 0 Å². The van der Waals surface area contributed by atoms with Crippen molar-refractivity contribution in [1.29, 1.82) is 0 Å². The molecule has 2 heterocycles. The van der Waals surface area contributed by atoms with Crippen molar-refractivity contribution in [3.05, 3.63) is 66.6 Å². The fourth-order valence-corrected chi connectivity index (χ4v) is 3.27. The summed E-state index contributed by atoms with van der Waals surface area (Å²) in [6.07, 6.45) is 2.65. The lowest BCUT2D eigenvalue weighted by molar-refractivity contribution is 0.483. The van der Waals surface area contributed by atoms with Crippen LogP contribution >= 0.6 is 12.4 Å². The average Bonchev–Trinajstić information content (AvgIpc) is 3.22. The maximum atomic E-state index is 6.18. The zero-order valence-electron chi connectivity index (χ0n) is 15.5. The molecular weight excluding hydrogens is 374 g/mol. The van der Waals surface area contributed by atoms with Gasteiger partial charge in [0.25, 0.3) is 0 Å². The van der Waals surface area contributed by atoms with Gasteiger partial charge >= 0.3 is 0 Å². The predicted octanol–water partition coefficient (Wildman–Crippen LogP) is 3.39. The molecule has 0 aliphatic carbocycles. The molecule has 6 nitrogen and oxygen atoms in total. The molecule has 2 aromatic carbocycles. The van der Waals surface area contributed by atoms with Crippen molar-refractivity contribution < 1.29 is 4.74 Å². The lowest BCUT2D eigenvalue weighted by atomic mass is 10.0. The molecule has 4 rings (SSSR count). The van der Waals surface area contributed by atoms with Crippen molar-refractivity contribution in [3.8, 4) is 22.6 Å². The minimum atomic E-state index is 0. The number of anilines is 1. The quantitative estimate of drug-likeness (QED) is 0.591. The number of para-hydroxylation sites is 1. The number of ether oxygens (including phenoxy) is 1. The Morgan fingerprint density at radius 1 is 1.04 bits per heavy atom. The van der Waals surface area contributed by atoms with E-state index in [-0.39, 0.29) is 12.4 Å². The molecule has 0 radical (unpaired) electrons. The third kappa shape index (κ3) is 4.78. The summed E-state index contributed by atoms with van der Waals surface area (Å²) >= 11 is 0. The molecule has 1 aliphatic rings. The second-order valence-electron chi connectivity index (χ2n) is 6.59. The summed E-state index contributed by atoms with van der Waals surface area (Å²) < 4.78 is 5.86. The number of nitrogen functional groups attached to an aromatic ring is 1. The molecular formula is C21H24ClN5O. The van der Waals surface area contributed by atoms with Gasteiger partial charge in [-0.05, 0) is 42.8 Å². The number of rotatable bonds is 6. The van der Waals surface area contributed by atoms with Gasteiger partial charge in [0.15, 0.2) is 0 Å². The number of hydrogen-bond acceptors (Lipinski definition) is 6. The van der Waals surface area contributed by atoms with E-state index in [2.05, 4.69) is 20.6 Å². The van der Waals surface area contributed by atoms with E-state index in [9.17, 15) is 0 Å². The Labute approximate surface area is 171 Å². The molecule has 0 saturated carbocycles. The highest BCUT2D eigenvalue weighted by atomic mass is 35.5. The molecule has 4 N–H and O–H groups in total. The summed E-state index contributed by atoms with van der Waals surface area (Å²) in [6, 6.07) is 18.1. The number of halogens is 1. The SMILES string of the molecule is Cl.Nc1ncnc(CN[C@@H]2CCNC2)c1-c1ccc(Oc2ccccc2)cc1. The second kappa shape index (κ2) is 9.50. The van der Waals surface area contributed by atoms with E-state index in [1.54, 1.807) is 0 Å². The number of nitrogens with two attached hydrogens (primary N) is 1. The summed E-state index contributed by atoms with van der Waals surface area (Å²) in [6.45, 7) is 2.71. The third-order valence-electron chi connectivity index (χ3n) is 4.70. The van der Waals surface area contributed by atoms with Crippen molar-refractivity contribution >= 4 is 18.2 Å². The lowest BCUT2D eigenvalue weighted by Gasteiger charge is -2.15. The van der Waals surface area contributed by atoms with Gasteiger partial charge in [-0.1, -0.05) is 30.3 Å². The molecule has 1 aliphatic heterocycles. The first-order chi connectivity index (χ1) is 13.3. The van der Waals surface area contributed by atoms with Crippen LogP contribution in [0.2, 0.25) is 0 Å². The monoisotopic (exact) mass is 397 g/mol. The topological polar surface area (TPSA) is 85.1 Å². The van der Waals surface area contributed by atoms with Crippen LogP contribution in [0.1, 0.15) is 12.1 Å². The van der Waals surface area contributed by atoms with Gasteiger partial charge in [0.05, 0.1) is 5.69 Å². The van der Waals surface area contributed by atoms with E-state index in [0.29, 0.717) is 18.4 Å². The Balaban J connectivity index is 0.00000225. The Morgan fingerprint density at radius 2 is 1.79 bits per heavy atom. The second-order valence-corrected chi connectivity index (χ2v) is 6.59. The van der Waals surface area contributed by atoms with Crippen LogP contribution in [0, 0.1) is 0 Å². The largest absolute Gasteiger partial charge is 0.457 e. The molecule has 1 atom stereocenters. The number of nitrogens with one attached hydrogen (secondary N) is 2. The summed E-state index contributed by atoms with van der Waals surface area (Å²) in [5, 5.41) is 6.90. The predicted molar refractivity (Wildman–Crippen MR) is 114 cm³/mol. The maximum absolute atomic E-state index is 6.18. The van der Waals surface area contributed by atoms with Crippen LogP contribution in [0.5, 0.6) is 11.5 Å². The molecule has 28 heavy (non-hydrogen) atoms. The molecule has 0 unspecified atom stereocenters. The molecule has 3 aromatic rings. The zero-order valence-corrected chi connectivity index (χ0v) is 16.3. The summed E-state index contributed by atoms with van der Waals surface area (Å²) in [4.78, 5) is 8.64. The van der Waals surface area contributed by atoms with Gasteiger partial charge in [-0.3, -0.25) is 0 Å². The number of nitrogens with zero attached hydrogens (tertiary/aromatic N) is 2. The Kier molecular flexibility index (Phi) is 6.81. The van der Waals surface area contributed by atoms with Crippen LogP contribution in [-0.2, 0) is 6.54 Å². The van der Waals surface area contributed by atoms with Gasteiger partial charge in [-0.15, -0.1) is 12.4 Å². The van der Waals surface area contributed by atoms with E-state index in [4.69, 9.17) is 10.5 Å². The molecule has 1 aromatic heterocycles. The standard InChI is InChI=1S/C21H23N5O.ClH/c22-21-20(19(25-14-26-21)13-24-16-10-11-23-12-16)15-6-8-18(9-7-15)27-17-4-2-1-3-5-17;/h1-9,14,16,23-24H,10-13H2,(H2,22,25,26);1H/t16-;/m1./s1. The molecule has 0 spiro atoms. The van der Waals surface area contributed by atoms with E-state index in [1.807, 2.05) is 54.6 Å². The van der Waals surface area contributed by atoms with E-state index < -0.39 is 0 Å². The first-order valence-corrected chi connectivity index (χ1v) is 9.16. The van der Waals surface area contributed by atoms with Crippen LogP contribution in [0.3, 0.4) is 0 Å². The average molecular weight is 398 g/mol. The van der Waals surface area contributed by atoms with Crippen molar-refractivity contribution in [2.75, 3.05) is 18.8 Å². The number of aromatic nitrogens is 2. The number of hydrogen-bond donors (Lipinski definition) is 3. The first kappa shape index (κ1) is 20.1. The number of benzene rings is 2. The van der Waals surface area contributed by atoms with Crippen LogP contribution in [0.25, 0.3) is 11.1 Å². The normalized spacial score (nSPS) is 15.8. The summed E-state index contributed by atoms with van der Waals surface area (Å²) in [5.74, 6) is 2.07. The zero-order chi connectivity index (χ0) is 18.5. The van der Waals surface area contributed by atoms with Crippen LogP contribution in [-0.4, -0.2) is 29.1 Å². The Bertz CT molecular complexity index is 883. The Hall–Kier alpha value is -2.67. The third-order valence-corrected chi connectivity index (χ3v) is 4.70. The van der Waals surface area contributed by atoms with Crippen molar-refractivity contribution in [3.63, 3.8) is 0 Å². The minimum absolute atomic E-state index is 0. The minimum Gasteiger partial charge on any atom is -0.457 e. The summed E-state index contributed by atoms with van der Waals surface area (Å²) in [7, 11) is 0. The lowest BCUT2D eigenvalue weighted by Crippen LogP contribution is -2.31. The van der Waals surface area contributed by atoms with Crippen LogP contribution in [0.4, 0.5) is 5.82 Å². The van der Waals surface area contributed by atoms with E-state index in [0.717, 1.165) is 47.8 Å². The molecule has 0 amide bonds. The van der Waals surface area contributed by atoms with Gasteiger partial charge < -0.3 is 21.1 Å². The fraction of sp³-hybridized carbons (Fsp3) is 0.238. The van der Waals surface area contributed by atoms with E-state index in [1.165, 1.54) is 6.33 Å². The summed E-state index contributed by atoms with van der Waals surface area (Å²) in [5.41, 5.74) is 8.94. The Morgan fingerprint density at radius 3 is 2.50 bits per heavy atom. The molecule has 1 saturated heterocycles. The van der Waals surface area contributed by atoms with Gasteiger partial charge in [-0.2, -0.15) is 0 Å². The molecule has 146 valence electrons. The fourth-order valence-electron chi connectivity index (χ4n) is 3.27. The van der Waals surface area contributed by atoms with Crippen LogP contribution in [0.15, 0.2) is 60.9 Å². The highest BCUT2D eigenvalue weighted by molar-refractivity contribution is 5.85. The highest BCUT2D eigenvalue weighted by Crippen LogP contribution is 2.30. The van der Waals surface area contributed by atoms with Crippen LogP contribution < -0.4 is 21.1 Å². The van der Waals surface area contributed by atoms with Gasteiger partial charge in [0, 0.05) is 24.7 Å². The first-order valence-electron chi connectivity index (χ1n) is 9.16. The van der Waals surface area contributed by atoms with Gasteiger partial charge in [0.1, 0.15) is 23.6 Å². The van der Waals surface area contributed by atoms with Crippen molar-refractivity contribution in [2.24, 2.45) is 0 Å². The van der Waals surface area contributed by atoms with Gasteiger partial charge in [-0.25, -0.2) is 9.97 Å².